The van der Waals surface area contributed by atoms with Crippen molar-refractivity contribution in [2.45, 2.75) is 32.7 Å². The van der Waals surface area contributed by atoms with Gasteiger partial charge in [-0.2, -0.15) is 5.26 Å². The molecule has 0 aliphatic rings. The molecule has 2 N–H and O–H groups in total. The van der Waals surface area contributed by atoms with Gasteiger partial charge in [0.15, 0.2) is 0 Å². The minimum absolute atomic E-state index is 0.0671. The lowest BCUT2D eigenvalue weighted by Gasteiger charge is -2.13. The summed E-state index contributed by atoms with van der Waals surface area (Å²) in [6, 6.07) is 6.21. The van der Waals surface area contributed by atoms with Gasteiger partial charge in [0.25, 0.3) is 0 Å². The second kappa shape index (κ2) is 5.62. The molecule has 0 amide bonds. The van der Waals surface area contributed by atoms with Crippen LogP contribution in [0, 0.1) is 23.1 Å². The number of nitrogens with two attached hydrogens (primary N) is 1. The molecule has 1 rings (SSSR count). The maximum atomic E-state index is 13.1. The van der Waals surface area contributed by atoms with Crippen molar-refractivity contribution < 1.29 is 4.39 Å². The Morgan fingerprint density at radius 1 is 1.38 bits per heavy atom. The fourth-order valence-electron chi connectivity index (χ4n) is 1.54. The standard InChI is InChI=1S/C13H17FN2/c1-9(2)3-6-13(16)10-4-5-12(14)11(7-10)8-15/h4-5,7,9,13H,3,6,16H2,1-2H3/t13-/m0/s1. The third-order valence-corrected chi connectivity index (χ3v) is 2.59. The van der Waals surface area contributed by atoms with E-state index in [1.54, 1.807) is 12.1 Å². The molecule has 0 fully saturated rings. The Balaban J connectivity index is 2.77. The maximum Gasteiger partial charge on any atom is 0.140 e. The van der Waals surface area contributed by atoms with Crippen molar-refractivity contribution in [3.8, 4) is 6.07 Å². The third kappa shape index (κ3) is 3.32. The monoisotopic (exact) mass is 220 g/mol. The molecule has 0 aromatic heterocycles. The molecule has 1 aromatic carbocycles. The van der Waals surface area contributed by atoms with Gasteiger partial charge in [0.1, 0.15) is 11.9 Å². The topological polar surface area (TPSA) is 49.8 Å². The third-order valence-electron chi connectivity index (χ3n) is 2.59. The highest BCUT2D eigenvalue weighted by Gasteiger charge is 2.10. The van der Waals surface area contributed by atoms with Gasteiger partial charge in [-0.15, -0.1) is 0 Å². The molecular weight excluding hydrogens is 203 g/mol. The molecule has 0 bridgehead atoms. The van der Waals surface area contributed by atoms with Crippen LogP contribution in [0.15, 0.2) is 18.2 Å². The van der Waals surface area contributed by atoms with Crippen LogP contribution in [0.4, 0.5) is 4.39 Å². The van der Waals surface area contributed by atoms with E-state index in [9.17, 15) is 4.39 Å². The minimum Gasteiger partial charge on any atom is -0.324 e. The maximum absolute atomic E-state index is 13.1. The van der Waals surface area contributed by atoms with Crippen LogP contribution >= 0.6 is 0 Å². The van der Waals surface area contributed by atoms with Crippen LogP contribution in [0.3, 0.4) is 0 Å². The molecule has 0 aliphatic carbocycles. The fraction of sp³-hybridized carbons (Fsp3) is 0.462. The van der Waals surface area contributed by atoms with Crippen LogP contribution in [0.25, 0.3) is 0 Å². The van der Waals surface area contributed by atoms with Crippen molar-refractivity contribution >= 4 is 0 Å². The zero-order valence-corrected chi connectivity index (χ0v) is 9.70. The number of halogens is 1. The molecule has 0 saturated heterocycles. The van der Waals surface area contributed by atoms with Gasteiger partial charge >= 0.3 is 0 Å². The number of hydrogen-bond donors (Lipinski definition) is 1. The van der Waals surface area contributed by atoms with Crippen LogP contribution in [0.1, 0.15) is 43.9 Å². The molecular formula is C13H17FN2. The molecule has 3 heteroatoms. The first-order valence-electron chi connectivity index (χ1n) is 5.49. The van der Waals surface area contributed by atoms with Gasteiger partial charge in [0, 0.05) is 6.04 Å². The minimum atomic E-state index is -0.484. The van der Waals surface area contributed by atoms with Crippen molar-refractivity contribution in [3.63, 3.8) is 0 Å². The summed E-state index contributed by atoms with van der Waals surface area (Å²) in [5, 5.41) is 8.71. The van der Waals surface area contributed by atoms with E-state index in [0.717, 1.165) is 18.4 Å². The highest BCUT2D eigenvalue weighted by Crippen LogP contribution is 2.20. The number of rotatable bonds is 4. The van der Waals surface area contributed by atoms with Gasteiger partial charge in [-0.05, 0) is 36.5 Å². The summed E-state index contributed by atoms with van der Waals surface area (Å²) in [7, 11) is 0. The fourth-order valence-corrected chi connectivity index (χ4v) is 1.54. The van der Waals surface area contributed by atoms with E-state index in [2.05, 4.69) is 13.8 Å². The molecule has 0 heterocycles. The first-order valence-corrected chi connectivity index (χ1v) is 5.49. The molecule has 16 heavy (non-hydrogen) atoms. The van der Waals surface area contributed by atoms with Crippen molar-refractivity contribution in [1.29, 1.82) is 5.26 Å². The molecule has 86 valence electrons. The van der Waals surface area contributed by atoms with Crippen molar-refractivity contribution in [1.82, 2.24) is 0 Å². The van der Waals surface area contributed by atoms with E-state index in [-0.39, 0.29) is 11.6 Å². The van der Waals surface area contributed by atoms with E-state index in [1.165, 1.54) is 6.07 Å². The first kappa shape index (κ1) is 12.7. The Morgan fingerprint density at radius 2 is 2.06 bits per heavy atom. The summed E-state index contributed by atoms with van der Waals surface area (Å²) >= 11 is 0. The smallest absolute Gasteiger partial charge is 0.140 e. The summed E-state index contributed by atoms with van der Waals surface area (Å²) in [5.74, 6) is 0.115. The Bertz CT molecular complexity index is 393. The summed E-state index contributed by atoms with van der Waals surface area (Å²) in [4.78, 5) is 0. The van der Waals surface area contributed by atoms with Crippen LogP contribution in [-0.4, -0.2) is 0 Å². The second-order valence-corrected chi connectivity index (χ2v) is 4.43. The van der Waals surface area contributed by atoms with Gasteiger partial charge < -0.3 is 5.73 Å². The number of hydrogen-bond acceptors (Lipinski definition) is 2. The van der Waals surface area contributed by atoms with Gasteiger partial charge in [0.05, 0.1) is 5.56 Å². The second-order valence-electron chi connectivity index (χ2n) is 4.43. The van der Waals surface area contributed by atoms with Gasteiger partial charge in [-0.25, -0.2) is 4.39 Å². The SMILES string of the molecule is CC(C)CC[C@H](N)c1ccc(F)c(C#N)c1. The highest BCUT2D eigenvalue weighted by molar-refractivity contribution is 5.35. The number of benzene rings is 1. The Labute approximate surface area is 95.9 Å². The van der Waals surface area contributed by atoms with Crippen molar-refractivity contribution in [2.24, 2.45) is 11.7 Å². The van der Waals surface area contributed by atoms with E-state index >= 15 is 0 Å². The summed E-state index contributed by atoms with van der Waals surface area (Å²) in [5.41, 5.74) is 6.88. The molecule has 0 spiro atoms. The zero-order valence-electron chi connectivity index (χ0n) is 9.70. The predicted molar refractivity (Wildman–Crippen MR) is 62.1 cm³/mol. The molecule has 0 saturated carbocycles. The van der Waals surface area contributed by atoms with Crippen LogP contribution in [0.5, 0.6) is 0 Å². The average Bonchev–Trinajstić information content (AvgIpc) is 2.26. The van der Waals surface area contributed by atoms with Gasteiger partial charge in [-0.1, -0.05) is 19.9 Å². The largest absolute Gasteiger partial charge is 0.324 e. The average molecular weight is 220 g/mol. The summed E-state index contributed by atoms with van der Waals surface area (Å²) < 4.78 is 13.1. The lowest BCUT2D eigenvalue weighted by atomic mass is 9.97. The van der Waals surface area contributed by atoms with E-state index < -0.39 is 5.82 Å². The highest BCUT2D eigenvalue weighted by atomic mass is 19.1. The van der Waals surface area contributed by atoms with E-state index in [4.69, 9.17) is 11.0 Å². The van der Waals surface area contributed by atoms with Crippen LogP contribution in [-0.2, 0) is 0 Å². The van der Waals surface area contributed by atoms with Crippen molar-refractivity contribution in [3.05, 3.63) is 35.1 Å². The summed E-state index contributed by atoms with van der Waals surface area (Å²) in [6.07, 6.45) is 1.88. The lowest BCUT2D eigenvalue weighted by molar-refractivity contribution is 0.506. The van der Waals surface area contributed by atoms with Crippen LogP contribution in [0.2, 0.25) is 0 Å². The molecule has 0 aliphatic heterocycles. The van der Waals surface area contributed by atoms with Gasteiger partial charge in [0.2, 0.25) is 0 Å². The Morgan fingerprint density at radius 3 is 2.62 bits per heavy atom. The number of nitrogens with zero attached hydrogens (tertiary/aromatic N) is 1. The zero-order chi connectivity index (χ0) is 12.1. The normalized spacial score (nSPS) is 12.5. The molecule has 1 atom stereocenters. The van der Waals surface area contributed by atoms with Crippen molar-refractivity contribution in [2.75, 3.05) is 0 Å². The molecule has 0 radical (unpaired) electrons. The molecule has 0 unspecified atom stereocenters. The van der Waals surface area contributed by atoms with E-state index in [1.807, 2.05) is 6.07 Å². The van der Waals surface area contributed by atoms with E-state index in [0.29, 0.717) is 5.92 Å². The Kier molecular flexibility index (Phi) is 4.45. The molecule has 2 nitrogen and oxygen atoms in total. The summed E-state index contributed by atoms with van der Waals surface area (Å²) in [6.45, 7) is 4.27. The first-order chi connectivity index (χ1) is 7.54. The predicted octanol–water partition coefficient (Wildman–Crippen LogP) is 3.13. The lowest BCUT2D eigenvalue weighted by Crippen LogP contribution is -2.11. The quantitative estimate of drug-likeness (QED) is 0.847. The van der Waals surface area contributed by atoms with Gasteiger partial charge in [-0.3, -0.25) is 0 Å². The Hall–Kier alpha value is -1.40. The molecule has 1 aromatic rings. The van der Waals surface area contributed by atoms with Crippen LogP contribution < -0.4 is 5.73 Å². The number of nitriles is 1.